The highest BCUT2D eigenvalue weighted by Gasteiger charge is 2.18. The molecule has 1 aromatic carbocycles. The number of amides is 1. The average molecular weight is 287 g/mol. The molecule has 5 heteroatoms. The second-order valence-electron chi connectivity index (χ2n) is 5.90. The summed E-state index contributed by atoms with van der Waals surface area (Å²) in [7, 11) is 0. The molecular weight excluding hydrogens is 267 g/mol. The van der Waals surface area contributed by atoms with E-state index in [-0.39, 0.29) is 29.5 Å². The number of benzene rings is 1. The van der Waals surface area contributed by atoms with Gasteiger partial charge in [-0.2, -0.15) is 0 Å². The van der Waals surface area contributed by atoms with E-state index >= 15 is 0 Å². The zero-order chi connectivity index (χ0) is 14.6. The van der Waals surface area contributed by atoms with Gasteiger partial charge in [0.1, 0.15) is 5.82 Å². The molecule has 3 nitrogen and oxygen atoms in total. The smallest absolute Gasteiger partial charge is 0.226 e. The van der Waals surface area contributed by atoms with Crippen LogP contribution in [0.1, 0.15) is 33.6 Å². The maximum atomic E-state index is 13.4. The van der Waals surface area contributed by atoms with E-state index in [9.17, 15) is 9.18 Å². The lowest BCUT2D eigenvalue weighted by Gasteiger charge is -2.22. The topological polar surface area (TPSA) is 55.1 Å². The van der Waals surface area contributed by atoms with Gasteiger partial charge in [0.25, 0.3) is 0 Å². The summed E-state index contributed by atoms with van der Waals surface area (Å²) in [5.41, 5.74) is 6.04. The fraction of sp³-hybridized carbons (Fsp3) is 0.500. The van der Waals surface area contributed by atoms with Crippen LogP contribution in [0, 0.1) is 11.2 Å². The van der Waals surface area contributed by atoms with Crippen molar-refractivity contribution in [3.63, 3.8) is 0 Å². The van der Waals surface area contributed by atoms with E-state index in [1.54, 1.807) is 0 Å². The molecule has 106 valence electrons. The predicted octanol–water partition coefficient (Wildman–Crippen LogP) is 3.57. The van der Waals surface area contributed by atoms with Crippen molar-refractivity contribution in [2.75, 3.05) is 5.32 Å². The molecular formula is C14H20ClFN2O. The lowest BCUT2D eigenvalue weighted by molar-refractivity contribution is -0.116. The molecule has 0 fully saturated rings. The van der Waals surface area contributed by atoms with Gasteiger partial charge in [-0.15, -0.1) is 0 Å². The minimum Gasteiger partial charge on any atom is -0.327 e. The Morgan fingerprint density at radius 3 is 2.68 bits per heavy atom. The highest BCUT2D eigenvalue weighted by Crippen LogP contribution is 2.22. The van der Waals surface area contributed by atoms with E-state index in [1.165, 1.54) is 18.2 Å². The van der Waals surface area contributed by atoms with E-state index < -0.39 is 5.82 Å². The molecule has 0 saturated heterocycles. The zero-order valence-corrected chi connectivity index (χ0v) is 12.2. The molecule has 1 unspecified atom stereocenters. The fourth-order valence-electron chi connectivity index (χ4n) is 1.89. The van der Waals surface area contributed by atoms with Gasteiger partial charge in [0.15, 0.2) is 0 Å². The molecule has 1 aromatic rings. The molecule has 1 atom stereocenters. The second kappa shape index (κ2) is 6.35. The quantitative estimate of drug-likeness (QED) is 0.889. The van der Waals surface area contributed by atoms with Crippen LogP contribution in [0.2, 0.25) is 5.02 Å². The molecule has 0 aliphatic heterocycles. The summed E-state index contributed by atoms with van der Waals surface area (Å²) in [6.45, 7) is 6.17. The van der Waals surface area contributed by atoms with Gasteiger partial charge in [-0.05, 0) is 30.0 Å². The fourth-order valence-corrected chi connectivity index (χ4v) is 2.06. The summed E-state index contributed by atoms with van der Waals surface area (Å²) < 4.78 is 13.4. The first-order valence-electron chi connectivity index (χ1n) is 6.18. The van der Waals surface area contributed by atoms with Crippen LogP contribution >= 0.6 is 11.6 Å². The Morgan fingerprint density at radius 2 is 2.11 bits per heavy atom. The highest BCUT2D eigenvalue weighted by molar-refractivity contribution is 6.30. The molecule has 0 radical (unpaired) electrons. The number of carbonyl (C=O) groups is 1. The molecule has 0 aliphatic carbocycles. The number of halogens is 2. The van der Waals surface area contributed by atoms with Crippen molar-refractivity contribution >= 4 is 23.2 Å². The lowest BCUT2D eigenvalue weighted by atomic mass is 9.87. The number of hydrogen-bond donors (Lipinski definition) is 2. The van der Waals surface area contributed by atoms with Crippen molar-refractivity contribution in [3.8, 4) is 0 Å². The van der Waals surface area contributed by atoms with Crippen molar-refractivity contribution in [3.05, 3.63) is 29.0 Å². The molecule has 0 bridgehead atoms. The van der Waals surface area contributed by atoms with Gasteiger partial charge in [-0.25, -0.2) is 4.39 Å². The van der Waals surface area contributed by atoms with Gasteiger partial charge in [-0.3, -0.25) is 4.79 Å². The first kappa shape index (κ1) is 15.9. The summed E-state index contributed by atoms with van der Waals surface area (Å²) in [4.78, 5) is 11.8. The number of nitrogens with one attached hydrogen (secondary N) is 1. The van der Waals surface area contributed by atoms with E-state index in [0.717, 1.165) is 6.42 Å². The summed E-state index contributed by atoms with van der Waals surface area (Å²) in [5, 5.41) is 2.86. The van der Waals surface area contributed by atoms with Crippen molar-refractivity contribution in [2.24, 2.45) is 11.1 Å². The predicted molar refractivity (Wildman–Crippen MR) is 76.7 cm³/mol. The second-order valence-corrected chi connectivity index (χ2v) is 6.34. The van der Waals surface area contributed by atoms with Gasteiger partial charge in [0, 0.05) is 17.5 Å². The van der Waals surface area contributed by atoms with Crippen LogP contribution in [0.25, 0.3) is 0 Å². The van der Waals surface area contributed by atoms with Crippen LogP contribution in [0.3, 0.4) is 0 Å². The molecule has 0 aliphatic rings. The van der Waals surface area contributed by atoms with E-state index in [0.29, 0.717) is 5.02 Å². The summed E-state index contributed by atoms with van der Waals surface area (Å²) >= 11 is 5.75. The summed E-state index contributed by atoms with van der Waals surface area (Å²) in [6.07, 6.45) is 0.877. The molecule has 0 aromatic heterocycles. The van der Waals surface area contributed by atoms with Crippen molar-refractivity contribution in [2.45, 2.75) is 39.7 Å². The third-order valence-electron chi connectivity index (χ3n) is 2.52. The van der Waals surface area contributed by atoms with E-state index in [1.807, 2.05) is 0 Å². The lowest BCUT2D eigenvalue weighted by Crippen LogP contribution is -2.31. The Balaban J connectivity index is 2.58. The largest absolute Gasteiger partial charge is 0.327 e. The summed E-state index contributed by atoms with van der Waals surface area (Å²) in [6, 6.07) is 3.77. The number of nitrogens with two attached hydrogens (primary N) is 1. The van der Waals surface area contributed by atoms with Crippen LogP contribution < -0.4 is 11.1 Å². The maximum absolute atomic E-state index is 13.4. The van der Waals surface area contributed by atoms with Crippen molar-refractivity contribution in [1.82, 2.24) is 0 Å². The standard InChI is InChI=1S/C14H20ClFN2O/c1-14(2,3)8-10(17)7-13(19)18-12-6-9(15)4-5-11(12)16/h4-6,10H,7-8,17H2,1-3H3,(H,18,19). The van der Waals surface area contributed by atoms with Crippen LogP contribution in [0.15, 0.2) is 18.2 Å². The minimum absolute atomic E-state index is 0.0565. The Labute approximate surface area is 118 Å². The Hall–Kier alpha value is -1.13. The van der Waals surface area contributed by atoms with Crippen LogP contribution in [0.4, 0.5) is 10.1 Å². The SMILES string of the molecule is CC(C)(C)CC(N)CC(=O)Nc1cc(Cl)ccc1F. The van der Waals surface area contributed by atoms with Crippen LogP contribution in [-0.4, -0.2) is 11.9 Å². The normalized spacial score (nSPS) is 13.2. The Bertz CT molecular complexity index is 457. The number of rotatable bonds is 4. The number of hydrogen-bond acceptors (Lipinski definition) is 2. The van der Waals surface area contributed by atoms with Crippen molar-refractivity contribution < 1.29 is 9.18 Å². The van der Waals surface area contributed by atoms with Gasteiger partial charge >= 0.3 is 0 Å². The molecule has 1 amide bonds. The van der Waals surface area contributed by atoms with Gasteiger partial charge in [-0.1, -0.05) is 32.4 Å². The van der Waals surface area contributed by atoms with Gasteiger partial charge in [0.05, 0.1) is 5.69 Å². The molecule has 0 saturated carbocycles. The first-order valence-corrected chi connectivity index (χ1v) is 6.56. The molecule has 3 N–H and O–H groups in total. The Kier molecular flexibility index (Phi) is 5.32. The van der Waals surface area contributed by atoms with E-state index in [4.69, 9.17) is 17.3 Å². The number of anilines is 1. The van der Waals surface area contributed by atoms with Gasteiger partial charge < -0.3 is 11.1 Å². The molecule has 0 spiro atoms. The minimum atomic E-state index is -0.512. The Morgan fingerprint density at radius 1 is 1.47 bits per heavy atom. The third-order valence-corrected chi connectivity index (χ3v) is 2.76. The molecule has 19 heavy (non-hydrogen) atoms. The number of carbonyl (C=O) groups excluding carboxylic acids is 1. The van der Waals surface area contributed by atoms with Crippen LogP contribution in [0.5, 0.6) is 0 Å². The molecule has 1 rings (SSSR count). The zero-order valence-electron chi connectivity index (χ0n) is 11.5. The van der Waals surface area contributed by atoms with Crippen LogP contribution in [-0.2, 0) is 4.79 Å². The highest BCUT2D eigenvalue weighted by atomic mass is 35.5. The van der Waals surface area contributed by atoms with Crippen molar-refractivity contribution in [1.29, 1.82) is 0 Å². The summed E-state index contributed by atoms with van der Waals surface area (Å²) in [5.74, 6) is -0.819. The third kappa shape index (κ3) is 6.03. The first-order chi connectivity index (χ1) is 8.67. The monoisotopic (exact) mass is 286 g/mol. The van der Waals surface area contributed by atoms with Gasteiger partial charge in [0.2, 0.25) is 5.91 Å². The van der Waals surface area contributed by atoms with E-state index in [2.05, 4.69) is 26.1 Å². The molecule has 0 heterocycles. The maximum Gasteiger partial charge on any atom is 0.226 e. The average Bonchev–Trinajstić information content (AvgIpc) is 2.20.